The van der Waals surface area contributed by atoms with Crippen LogP contribution >= 0.6 is 0 Å². The number of para-hydroxylation sites is 1. The van der Waals surface area contributed by atoms with Crippen LogP contribution < -0.4 is 10.9 Å². The maximum atomic E-state index is 12.2. The highest BCUT2D eigenvalue weighted by Crippen LogP contribution is 2.25. The monoisotopic (exact) mass is 314 g/mol. The first-order chi connectivity index (χ1) is 11.0. The van der Waals surface area contributed by atoms with Gasteiger partial charge in [0.25, 0.3) is 5.56 Å². The molecule has 0 saturated heterocycles. The normalized spacial score (nSPS) is 20.5. The molecule has 1 saturated carbocycles. The number of nitrogens with one attached hydrogen (secondary N) is 2. The quantitative estimate of drug-likeness (QED) is 0.795. The SMILES string of the molecule is O=C(Cc1cc2ccccc2[nH]c1=O)N[C@H]1CCC[C@H]1C(=O)O. The van der Waals surface area contributed by atoms with Gasteiger partial charge in [-0.3, -0.25) is 14.4 Å². The lowest BCUT2D eigenvalue weighted by Crippen LogP contribution is -2.41. The minimum atomic E-state index is -0.878. The van der Waals surface area contributed by atoms with E-state index in [1.165, 1.54) is 0 Å². The molecule has 1 amide bonds. The number of fused-ring (bicyclic) bond motifs is 1. The first-order valence-corrected chi connectivity index (χ1v) is 7.67. The van der Waals surface area contributed by atoms with Gasteiger partial charge in [0.1, 0.15) is 0 Å². The van der Waals surface area contributed by atoms with Crippen molar-refractivity contribution in [1.29, 1.82) is 0 Å². The van der Waals surface area contributed by atoms with Gasteiger partial charge < -0.3 is 15.4 Å². The average Bonchev–Trinajstić information content (AvgIpc) is 2.96. The summed E-state index contributed by atoms with van der Waals surface area (Å²) in [6, 6.07) is 8.72. The maximum Gasteiger partial charge on any atom is 0.308 e. The van der Waals surface area contributed by atoms with E-state index in [1.807, 2.05) is 18.2 Å². The Hall–Kier alpha value is -2.63. The predicted molar refractivity (Wildman–Crippen MR) is 85.2 cm³/mol. The number of hydrogen-bond acceptors (Lipinski definition) is 3. The van der Waals surface area contributed by atoms with Gasteiger partial charge in [-0.1, -0.05) is 24.6 Å². The Balaban J connectivity index is 1.74. The van der Waals surface area contributed by atoms with Crippen LogP contribution in [-0.2, 0) is 16.0 Å². The first kappa shape index (κ1) is 15.3. The molecule has 6 heteroatoms. The average molecular weight is 314 g/mol. The van der Waals surface area contributed by atoms with E-state index in [0.717, 1.165) is 17.3 Å². The molecule has 0 aliphatic heterocycles. The second kappa shape index (κ2) is 6.24. The van der Waals surface area contributed by atoms with E-state index in [2.05, 4.69) is 10.3 Å². The molecule has 3 rings (SSSR count). The maximum absolute atomic E-state index is 12.2. The van der Waals surface area contributed by atoms with Gasteiger partial charge in [-0.25, -0.2) is 0 Å². The molecule has 6 nitrogen and oxygen atoms in total. The number of aliphatic carboxylic acids is 1. The number of rotatable bonds is 4. The number of aromatic amines is 1. The number of carboxylic acids is 1. The van der Waals surface area contributed by atoms with Gasteiger partial charge in [0.2, 0.25) is 5.91 Å². The fraction of sp³-hybridized carbons (Fsp3) is 0.353. The van der Waals surface area contributed by atoms with E-state index in [4.69, 9.17) is 5.11 Å². The van der Waals surface area contributed by atoms with Crippen molar-refractivity contribution in [2.75, 3.05) is 0 Å². The number of benzene rings is 1. The molecule has 120 valence electrons. The summed E-state index contributed by atoms with van der Waals surface area (Å²) in [6.45, 7) is 0. The minimum absolute atomic E-state index is 0.0526. The molecule has 23 heavy (non-hydrogen) atoms. The molecule has 1 aromatic carbocycles. The largest absolute Gasteiger partial charge is 0.481 e. The van der Waals surface area contributed by atoms with Crippen LogP contribution in [0.2, 0.25) is 0 Å². The lowest BCUT2D eigenvalue weighted by Gasteiger charge is -2.17. The Bertz CT molecular complexity index is 812. The van der Waals surface area contributed by atoms with Crippen LogP contribution in [0.15, 0.2) is 35.1 Å². The Morgan fingerprint density at radius 2 is 2.04 bits per heavy atom. The highest BCUT2D eigenvalue weighted by Gasteiger charge is 2.33. The third kappa shape index (κ3) is 3.26. The summed E-state index contributed by atoms with van der Waals surface area (Å²) in [5.74, 6) is -1.73. The number of hydrogen-bond donors (Lipinski definition) is 3. The molecular formula is C17H18N2O4. The Kier molecular flexibility index (Phi) is 4.14. The smallest absolute Gasteiger partial charge is 0.308 e. The van der Waals surface area contributed by atoms with Crippen LogP contribution in [0, 0.1) is 5.92 Å². The fourth-order valence-corrected chi connectivity index (χ4v) is 3.18. The Morgan fingerprint density at radius 3 is 2.83 bits per heavy atom. The van der Waals surface area contributed by atoms with E-state index in [9.17, 15) is 14.4 Å². The van der Waals surface area contributed by atoms with Crippen LogP contribution in [-0.4, -0.2) is 28.0 Å². The van der Waals surface area contributed by atoms with Gasteiger partial charge in [0.05, 0.1) is 12.3 Å². The number of aromatic nitrogens is 1. The lowest BCUT2D eigenvalue weighted by molar-refractivity contribution is -0.142. The summed E-state index contributed by atoms with van der Waals surface area (Å²) in [5.41, 5.74) is 0.814. The second-order valence-electron chi connectivity index (χ2n) is 5.94. The van der Waals surface area contributed by atoms with E-state index in [0.29, 0.717) is 18.4 Å². The van der Waals surface area contributed by atoms with Crippen molar-refractivity contribution in [3.63, 3.8) is 0 Å². The zero-order valence-electron chi connectivity index (χ0n) is 12.5. The number of carbonyl (C=O) groups is 2. The molecular weight excluding hydrogens is 296 g/mol. The van der Waals surface area contributed by atoms with Crippen LogP contribution in [0.1, 0.15) is 24.8 Å². The van der Waals surface area contributed by atoms with Gasteiger partial charge in [-0.05, 0) is 30.4 Å². The predicted octanol–water partition coefficient (Wildman–Crippen LogP) is 1.44. The van der Waals surface area contributed by atoms with Crippen molar-refractivity contribution in [2.24, 2.45) is 5.92 Å². The third-order valence-corrected chi connectivity index (χ3v) is 4.36. The third-order valence-electron chi connectivity index (χ3n) is 4.36. The first-order valence-electron chi connectivity index (χ1n) is 7.67. The van der Waals surface area contributed by atoms with Crippen molar-refractivity contribution in [3.05, 3.63) is 46.2 Å². The summed E-state index contributed by atoms with van der Waals surface area (Å²) < 4.78 is 0. The van der Waals surface area contributed by atoms with Crippen molar-refractivity contribution in [2.45, 2.75) is 31.7 Å². The molecule has 3 N–H and O–H groups in total. The van der Waals surface area contributed by atoms with Crippen LogP contribution in [0.4, 0.5) is 0 Å². The molecule has 0 radical (unpaired) electrons. The van der Waals surface area contributed by atoms with E-state index >= 15 is 0 Å². The number of amides is 1. The topological polar surface area (TPSA) is 99.3 Å². The summed E-state index contributed by atoms with van der Waals surface area (Å²) in [7, 11) is 0. The zero-order valence-corrected chi connectivity index (χ0v) is 12.5. The van der Waals surface area contributed by atoms with E-state index in [1.54, 1.807) is 12.1 Å². The van der Waals surface area contributed by atoms with Crippen LogP contribution in [0.5, 0.6) is 0 Å². The summed E-state index contributed by atoms with van der Waals surface area (Å²) >= 11 is 0. The molecule has 0 spiro atoms. The van der Waals surface area contributed by atoms with Crippen molar-refractivity contribution in [3.8, 4) is 0 Å². The summed E-state index contributed by atoms with van der Waals surface area (Å²) in [5, 5.41) is 12.8. The number of carboxylic acid groups (broad SMARTS) is 1. The van der Waals surface area contributed by atoms with Gasteiger partial charge in [0, 0.05) is 17.1 Å². The molecule has 2 atom stereocenters. The fourth-order valence-electron chi connectivity index (χ4n) is 3.18. The molecule has 1 heterocycles. The van der Waals surface area contributed by atoms with Gasteiger partial charge in [0.15, 0.2) is 0 Å². The highest BCUT2D eigenvalue weighted by molar-refractivity contribution is 5.83. The zero-order chi connectivity index (χ0) is 16.4. The summed E-state index contributed by atoms with van der Waals surface area (Å²) in [4.78, 5) is 38.1. The number of pyridine rings is 1. The van der Waals surface area contributed by atoms with E-state index in [-0.39, 0.29) is 23.9 Å². The van der Waals surface area contributed by atoms with Gasteiger partial charge in [-0.2, -0.15) is 0 Å². The van der Waals surface area contributed by atoms with Crippen LogP contribution in [0.25, 0.3) is 10.9 Å². The summed E-state index contributed by atoms with van der Waals surface area (Å²) in [6.07, 6.45) is 1.98. The van der Waals surface area contributed by atoms with Crippen molar-refractivity contribution >= 4 is 22.8 Å². The number of carbonyl (C=O) groups excluding carboxylic acids is 1. The molecule has 1 aromatic heterocycles. The number of H-pyrrole nitrogens is 1. The standard InChI is InChI=1S/C17H18N2O4/c20-15(18-14-7-3-5-12(14)17(22)23)9-11-8-10-4-1-2-6-13(10)19-16(11)21/h1-2,4,6,8,12,14H,3,5,7,9H2,(H,18,20)(H,19,21)(H,22,23)/t12-,14+/m1/s1. The van der Waals surface area contributed by atoms with E-state index < -0.39 is 11.9 Å². The second-order valence-corrected chi connectivity index (χ2v) is 5.94. The Labute approximate surface area is 132 Å². The van der Waals surface area contributed by atoms with Crippen LogP contribution in [0.3, 0.4) is 0 Å². The molecule has 0 unspecified atom stereocenters. The lowest BCUT2D eigenvalue weighted by atomic mass is 10.0. The highest BCUT2D eigenvalue weighted by atomic mass is 16.4. The Morgan fingerprint density at radius 1 is 1.26 bits per heavy atom. The molecule has 2 aromatic rings. The molecule has 1 aliphatic rings. The minimum Gasteiger partial charge on any atom is -0.481 e. The molecule has 1 aliphatic carbocycles. The van der Waals surface area contributed by atoms with Gasteiger partial charge in [-0.15, -0.1) is 0 Å². The van der Waals surface area contributed by atoms with Crippen molar-refractivity contribution in [1.82, 2.24) is 10.3 Å². The molecule has 0 bridgehead atoms. The van der Waals surface area contributed by atoms with Gasteiger partial charge >= 0.3 is 5.97 Å². The molecule has 1 fully saturated rings. The van der Waals surface area contributed by atoms with Crippen molar-refractivity contribution < 1.29 is 14.7 Å².